The summed E-state index contributed by atoms with van der Waals surface area (Å²) < 4.78 is 0. The smallest absolute Gasteiger partial charge is 0.303 e. The molecule has 0 aromatic rings. The van der Waals surface area contributed by atoms with Crippen LogP contribution in [0, 0.1) is 0 Å². The van der Waals surface area contributed by atoms with Crippen molar-refractivity contribution >= 4 is 18.6 Å². The Hall–Kier alpha value is -0.260. The number of thiol groups is 1. The van der Waals surface area contributed by atoms with Crippen LogP contribution in [0.5, 0.6) is 0 Å². The minimum Gasteiger partial charge on any atom is -0.481 e. The molecule has 0 bridgehead atoms. The van der Waals surface area contributed by atoms with E-state index in [1.54, 1.807) is 0 Å². The Balaban J connectivity index is 0. The highest BCUT2D eigenvalue weighted by Crippen LogP contribution is 2.07. The molecule has 0 fully saturated rings. The number of unbranched alkanes of at least 4 members (excludes halogenated alkanes) is 6. The van der Waals surface area contributed by atoms with Crippen molar-refractivity contribution in [2.45, 2.75) is 64.4 Å². The molecule has 110 valence electrons. The monoisotopic (exact) mass is 280 g/mol. The molecule has 0 aromatic heterocycles. The van der Waals surface area contributed by atoms with Crippen molar-refractivity contribution in [1.29, 1.82) is 0 Å². The second-order valence-corrected chi connectivity index (χ2v) is 4.65. The van der Waals surface area contributed by atoms with Crippen LogP contribution in [0.1, 0.15) is 58.3 Å². The largest absolute Gasteiger partial charge is 0.481 e. The van der Waals surface area contributed by atoms with E-state index in [1.807, 2.05) is 0 Å². The van der Waals surface area contributed by atoms with Gasteiger partial charge in [0.1, 0.15) is 0 Å². The highest BCUT2D eigenvalue weighted by Gasteiger charge is 1.95. The SMILES string of the molecule is CCCCCCCCCC(=O)O.OCC(O)CS. The highest BCUT2D eigenvalue weighted by molar-refractivity contribution is 7.80. The van der Waals surface area contributed by atoms with Crippen LogP contribution in [-0.4, -0.2) is 39.8 Å². The van der Waals surface area contributed by atoms with E-state index in [2.05, 4.69) is 19.6 Å². The van der Waals surface area contributed by atoms with Crippen molar-refractivity contribution in [2.24, 2.45) is 0 Å². The Kier molecular flexibility index (Phi) is 18.7. The summed E-state index contributed by atoms with van der Waals surface area (Å²) in [6, 6.07) is 0. The fourth-order valence-electron chi connectivity index (χ4n) is 1.29. The number of carbonyl (C=O) groups is 1. The van der Waals surface area contributed by atoms with Crippen molar-refractivity contribution in [3.63, 3.8) is 0 Å². The average molecular weight is 280 g/mol. The molecule has 4 nitrogen and oxygen atoms in total. The van der Waals surface area contributed by atoms with Crippen molar-refractivity contribution in [3.8, 4) is 0 Å². The minimum atomic E-state index is -0.663. The quantitative estimate of drug-likeness (QED) is 0.366. The van der Waals surface area contributed by atoms with Gasteiger partial charge in [-0.1, -0.05) is 45.4 Å². The molecular formula is C13H28O4S. The van der Waals surface area contributed by atoms with Gasteiger partial charge in [0.2, 0.25) is 0 Å². The number of hydrogen-bond acceptors (Lipinski definition) is 4. The van der Waals surface area contributed by atoms with E-state index in [0.717, 1.165) is 12.8 Å². The number of aliphatic carboxylic acids is 1. The molecular weight excluding hydrogens is 252 g/mol. The first-order valence-corrected chi connectivity index (χ1v) is 7.33. The van der Waals surface area contributed by atoms with E-state index < -0.39 is 12.1 Å². The lowest BCUT2D eigenvalue weighted by atomic mass is 10.1. The number of rotatable bonds is 10. The van der Waals surface area contributed by atoms with Crippen molar-refractivity contribution in [3.05, 3.63) is 0 Å². The zero-order valence-corrected chi connectivity index (χ0v) is 12.2. The van der Waals surface area contributed by atoms with Gasteiger partial charge < -0.3 is 15.3 Å². The van der Waals surface area contributed by atoms with Gasteiger partial charge in [-0.15, -0.1) is 0 Å². The molecule has 3 N–H and O–H groups in total. The van der Waals surface area contributed by atoms with E-state index in [4.69, 9.17) is 15.3 Å². The molecule has 0 heterocycles. The molecule has 1 atom stereocenters. The van der Waals surface area contributed by atoms with E-state index >= 15 is 0 Å². The first-order valence-electron chi connectivity index (χ1n) is 6.70. The van der Waals surface area contributed by atoms with Crippen molar-refractivity contribution in [2.75, 3.05) is 12.4 Å². The Morgan fingerprint density at radius 3 is 1.94 bits per heavy atom. The summed E-state index contributed by atoms with van der Waals surface area (Å²) in [7, 11) is 0. The average Bonchev–Trinajstić information content (AvgIpc) is 2.37. The number of aliphatic hydroxyl groups excluding tert-OH is 2. The maximum absolute atomic E-state index is 10.1. The summed E-state index contributed by atoms with van der Waals surface area (Å²) in [6.07, 6.45) is 8.00. The van der Waals surface area contributed by atoms with Gasteiger partial charge in [0.25, 0.3) is 0 Å². The van der Waals surface area contributed by atoms with Crippen LogP contribution >= 0.6 is 12.6 Å². The second-order valence-electron chi connectivity index (χ2n) is 4.28. The second kappa shape index (κ2) is 16.7. The highest BCUT2D eigenvalue weighted by atomic mass is 32.1. The third-order valence-electron chi connectivity index (χ3n) is 2.42. The van der Waals surface area contributed by atoms with Gasteiger partial charge in [-0.25, -0.2) is 0 Å². The Bertz CT molecular complexity index is 172. The van der Waals surface area contributed by atoms with Crippen LogP contribution < -0.4 is 0 Å². The third kappa shape index (κ3) is 21.1. The molecule has 0 radical (unpaired) electrons. The summed E-state index contributed by atoms with van der Waals surface area (Å²) in [5, 5.41) is 24.7. The molecule has 0 aliphatic rings. The molecule has 0 aliphatic heterocycles. The van der Waals surface area contributed by atoms with E-state index in [9.17, 15) is 4.79 Å². The predicted molar refractivity (Wildman–Crippen MR) is 77.2 cm³/mol. The fourth-order valence-corrected chi connectivity index (χ4v) is 1.41. The molecule has 5 heteroatoms. The molecule has 18 heavy (non-hydrogen) atoms. The zero-order valence-electron chi connectivity index (χ0n) is 11.3. The number of hydrogen-bond donors (Lipinski definition) is 4. The lowest BCUT2D eigenvalue weighted by Gasteiger charge is -1.98. The third-order valence-corrected chi connectivity index (χ3v) is 2.84. The molecule has 0 saturated carbocycles. The molecule has 1 unspecified atom stereocenters. The topological polar surface area (TPSA) is 77.8 Å². The maximum Gasteiger partial charge on any atom is 0.303 e. The van der Waals surface area contributed by atoms with Crippen LogP contribution in [0.15, 0.2) is 0 Å². The zero-order chi connectivity index (χ0) is 14.2. The fraction of sp³-hybridized carbons (Fsp3) is 0.923. The number of carboxylic acids is 1. The van der Waals surface area contributed by atoms with Gasteiger partial charge >= 0.3 is 5.97 Å². The number of aliphatic hydroxyl groups is 2. The lowest BCUT2D eigenvalue weighted by Crippen LogP contribution is -2.12. The van der Waals surface area contributed by atoms with Crippen LogP contribution in [0.25, 0.3) is 0 Å². The van der Waals surface area contributed by atoms with E-state index in [1.165, 1.54) is 32.1 Å². The molecule has 0 aromatic carbocycles. The molecule has 0 spiro atoms. The Labute approximate surface area is 116 Å². The first-order chi connectivity index (χ1) is 8.58. The van der Waals surface area contributed by atoms with Crippen molar-refractivity contribution < 1.29 is 20.1 Å². The summed E-state index contributed by atoms with van der Waals surface area (Å²) >= 11 is 3.69. The van der Waals surface area contributed by atoms with Gasteiger partial charge in [-0.05, 0) is 6.42 Å². The first kappa shape index (κ1) is 20.1. The normalized spacial score (nSPS) is 11.6. The van der Waals surface area contributed by atoms with Gasteiger partial charge in [0, 0.05) is 12.2 Å². The summed E-state index contributed by atoms with van der Waals surface area (Å²) in [5.41, 5.74) is 0. The molecule has 0 saturated heterocycles. The molecule has 0 rings (SSSR count). The van der Waals surface area contributed by atoms with E-state index in [-0.39, 0.29) is 6.61 Å². The predicted octanol–water partition coefficient (Wildman–Crippen LogP) is 2.48. The van der Waals surface area contributed by atoms with Crippen molar-refractivity contribution in [1.82, 2.24) is 0 Å². The van der Waals surface area contributed by atoms with Crippen LogP contribution in [0.4, 0.5) is 0 Å². The van der Waals surface area contributed by atoms with Gasteiger partial charge in [0.05, 0.1) is 12.7 Å². The number of carboxylic acid groups (broad SMARTS) is 1. The van der Waals surface area contributed by atoms with Crippen LogP contribution in [0.3, 0.4) is 0 Å². The summed E-state index contributed by atoms with van der Waals surface area (Å²) in [6.45, 7) is 2.01. The van der Waals surface area contributed by atoms with Gasteiger partial charge in [-0.2, -0.15) is 12.6 Å². The lowest BCUT2D eigenvalue weighted by molar-refractivity contribution is -0.137. The van der Waals surface area contributed by atoms with E-state index in [0.29, 0.717) is 12.2 Å². The molecule has 0 amide bonds. The van der Waals surface area contributed by atoms with Gasteiger partial charge in [-0.3, -0.25) is 4.79 Å². The summed E-state index contributed by atoms with van der Waals surface area (Å²) in [5.74, 6) is -0.334. The van der Waals surface area contributed by atoms with Crippen LogP contribution in [0.2, 0.25) is 0 Å². The van der Waals surface area contributed by atoms with Crippen LogP contribution in [-0.2, 0) is 4.79 Å². The molecule has 0 aliphatic carbocycles. The Morgan fingerprint density at radius 2 is 1.61 bits per heavy atom. The standard InChI is InChI=1S/C10H20O2.C3H8O2S/c1-2-3-4-5-6-7-8-9-10(11)12;4-1-3(5)2-6/h2-9H2,1H3,(H,11,12);3-6H,1-2H2. The minimum absolute atomic E-state index is 0.191. The Morgan fingerprint density at radius 1 is 1.11 bits per heavy atom. The van der Waals surface area contributed by atoms with Gasteiger partial charge in [0.15, 0.2) is 0 Å². The maximum atomic E-state index is 10.1. The summed E-state index contributed by atoms with van der Waals surface area (Å²) in [4.78, 5) is 10.1.